The highest BCUT2D eigenvalue weighted by Crippen LogP contribution is 2.32. The normalized spacial score (nSPS) is 24.4. The van der Waals surface area contributed by atoms with Gasteiger partial charge in [0.1, 0.15) is 30.4 Å². The highest BCUT2D eigenvalue weighted by atomic mass is 16.6. The molecule has 0 saturated carbocycles. The zero-order valence-corrected chi connectivity index (χ0v) is 15.5. The maximum atomic E-state index is 10.2. The van der Waals surface area contributed by atoms with E-state index < -0.39 is 31.1 Å². The van der Waals surface area contributed by atoms with Crippen LogP contribution >= 0.6 is 0 Å². The van der Waals surface area contributed by atoms with Crippen LogP contribution in [-0.2, 0) is 4.74 Å². The molecule has 4 rings (SSSR count). The minimum atomic E-state index is -1.24. The van der Waals surface area contributed by atoms with Gasteiger partial charge < -0.3 is 24.8 Å². The van der Waals surface area contributed by atoms with Crippen molar-refractivity contribution in [2.24, 2.45) is 5.10 Å². The Hall–Kier alpha value is -3.12. The van der Waals surface area contributed by atoms with Crippen molar-refractivity contribution >= 4 is 23.2 Å². The predicted octanol–water partition coefficient (Wildman–Crippen LogP) is -0.108. The van der Waals surface area contributed by atoms with Gasteiger partial charge in [0, 0.05) is 5.56 Å². The van der Waals surface area contributed by atoms with E-state index in [2.05, 4.69) is 25.5 Å². The number of rotatable bonds is 6. The molecule has 1 aromatic carbocycles. The van der Waals surface area contributed by atoms with Crippen LogP contribution in [0.2, 0.25) is 0 Å². The molecule has 1 aliphatic rings. The number of benzene rings is 1. The molecule has 11 nitrogen and oxygen atoms in total. The minimum Gasteiger partial charge on any atom is -0.496 e. The number of para-hydroxylation sites is 1. The number of fused-ring (bicyclic) bond motifs is 1. The molecule has 0 spiro atoms. The molecule has 0 radical (unpaired) electrons. The third-order valence-corrected chi connectivity index (χ3v) is 4.66. The van der Waals surface area contributed by atoms with Crippen LogP contribution in [0.25, 0.3) is 11.2 Å². The van der Waals surface area contributed by atoms with Gasteiger partial charge in [-0.15, -0.1) is 0 Å². The van der Waals surface area contributed by atoms with E-state index in [9.17, 15) is 15.3 Å². The Morgan fingerprint density at radius 2 is 2.07 bits per heavy atom. The molecule has 2 aromatic heterocycles. The number of anilines is 1. The summed E-state index contributed by atoms with van der Waals surface area (Å²) in [6, 6.07) is 7.42. The van der Waals surface area contributed by atoms with Crippen molar-refractivity contribution in [3.63, 3.8) is 0 Å². The predicted molar refractivity (Wildman–Crippen MR) is 103 cm³/mol. The van der Waals surface area contributed by atoms with Crippen molar-refractivity contribution in [2.45, 2.75) is 24.5 Å². The summed E-state index contributed by atoms with van der Waals surface area (Å²) in [6.45, 7) is -0.416. The summed E-state index contributed by atoms with van der Waals surface area (Å²) in [5, 5.41) is 33.7. The van der Waals surface area contributed by atoms with E-state index in [0.717, 1.165) is 5.56 Å². The Morgan fingerprint density at radius 1 is 1.24 bits per heavy atom. The second kappa shape index (κ2) is 8.09. The van der Waals surface area contributed by atoms with Crippen LogP contribution < -0.4 is 10.2 Å². The third-order valence-electron chi connectivity index (χ3n) is 4.66. The Balaban J connectivity index is 1.59. The van der Waals surface area contributed by atoms with Gasteiger partial charge in [0.2, 0.25) is 0 Å². The maximum absolute atomic E-state index is 10.2. The number of aliphatic hydroxyl groups excluding tert-OH is 3. The van der Waals surface area contributed by atoms with Gasteiger partial charge in [-0.05, 0) is 12.1 Å². The number of nitrogens with one attached hydrogen (secondary N) is 1. The Labute approximate surface area is 165 Å². The average Bonchev–Trinajstić information content (AvgIpc) is 3.30. The molecule has 152 valence electrons. The first-order valence-corrected chi connectivity index (χ1v) is 8.86. The number of hydrazone groups is 1. The minimum absolute atomic E-state index is 0.353. The molecule has 0 aliphatic carbocycles. The summed E-state index contributed by atoms with van der Waals surface area (Å²) in [7, 11) is 1.58. The number of aromatic nitrogens is 4. The van der Waals surface area contributed by atoms with E-state index >= 15 is 0 Å². The van der Waals surface area contributed by atoms with Crippen LogP contribution in [-0.4, -0.2) is 73.1 Å². The summed E-state index contributed by atoms with van der Waals surface area (Å²) in [4.78, 5) is 12.6. The largest absolute Gasteiger partial charge is 0.496 e. The SMILES string of the molecule is COc1ccccc1/C=N/Nc1ncnc2c1ncn2[C@@H]1O[C@H](CO)[C@@H](O)[C@H]1O. The Kier molecular flexibility index (Phi) is 5.36. The molecule has 0 bridgehead atoms. The molecule has 3 heterocycles. The molecule has 1 fully saturated rings. The number of aliphatic hydroxyl groups is 3. The zero-order chi connectivity index (χ0) is 20.4. The first-order chi connectivity index (χ1) is 14.1. The van der Waals surface area contributed by atoms with Crippen molar-refractivity contribution < 1.29 is 24.8 Å². The molecule has 4 N–H and O–H groups in total. The van der Waals surface area contributed by atoms with Gasteiger partial charge in [0.05, 0.1) is 26.3 Å². The van der Waals surface area contributed by atoms with Crippen molar-refractivity contribution in [3.05, 3.63) is 42.5 Å². The Morgan fingerprint density at radius 3 is 2.83 bits per heavy atom. The number of hydrogen-bond acceptors (Lipinski definition) is 10. The molecule has 1 saturated heterocycles. The molecule has 29 heavy (non-hydrogen) atoms. The molecule has 11 heteroatoms. The number of imidazole rings is 1. The fourth-order valence-electron chi connectivity index (χ4n) is 3.17. The maximum Gasteiger partial charge on any atom is 0.177 e. The summed E-state index contributed by atoms with van der Waals surface area (Å²) in [5.74, 6) is 1.03. The molecule has 3 aromatic rings. The summed E-state index contributed by atoms with van der Waals surface area (Å²) >= 11 is 0. The molecular weight excluding hydrogens is 380 g/mol. The van der Waals surface area contributed by atoms with Gasteiger partial charge in [-0.3, -0.25) is 9.99 Å². The number of ether oxygens (including phenoxy) is 2. The van der Waals surface area contributed by atoms with Crippen molar-refractivity contribution in [3.8, 4) is 5.75 Å². The van der Waals surface area contributed by atoms with Crippen LogP contribution in [0.5, 0.6) is 5.75 Å². The van der Waals surface area contributed by atoms with Crippen LogP contribution in [0.15, 0.2) is 42.0 Å². The zero-order valence-electron chi connectivity index (χ0n) is 15.5. The first kappa shape index (κ1) is 19.2. The highest BCUT2D eigenvalue weighted by Gasteiger charge is 2.44. The smallest absolute Gasteiger partial charge is 0.177 e. The van der Waals surface area contributed by atoms with Gasteiger partial charge in [-0.2, -0.15) is 5.10 Å². The molecule has 1 aliphatic heterocycles. The van der Waals surface area contributed by atoms with Crippen molar-refractivity contribution in [2.75, 3.05) is 19.1 Å². The lowest BCUT2D eigenvalue weighted by atomic mass is 10.1. The summed E-state index contributed by atoms with van der Waals surface area (Å²) in [5.41, 5.74) is 4.39. The number of nitrogens with zero attached hydrogens (tertiary/aromatic N) is 5. The standard InChI is InChI=1S/C18H20N6O5/c1-28-11-5-3-2-4-10(11)6-22-23-16-13-17(20-8-19-16)24(9-21-13)18-15(27)14(26)12(7-25)29-18/h2-6,8-9,12,14-15,18,25-27H,7H2,1H3,(H,19,20,23)/b22-6+/t12-,14-,15-,18-/m1/s1. The lowest BCUT2D eigenvalue weighted by molar-refractivity contribution is -0.0511. The van der Waals surface area contributed by atoms with E-state index in [-0.39, 0.29) is 0 Å². The molecule has 0 amide bonds. The third kappa shape index (κ3) is 3.51. The summed E-state index contributed by atoms with van der Waals surface area (Å²) in [6.07, 6.45) is 0.0593. The highest BCUT2D eigenvalue weighted by molar-refractivity contribution is 5.86. The monoisotopic (exact) mass is 400 g/mol. The number of methoxy groups -OCH3 is 1. The van der Waals surface area contributed by atoms with Crippen molar-refractivity contribution in [1.82, 2.24) is 19.5 Å². The lowest BCUT2D eigenvalue weighted by Gasteiger charge is -2.16. The second-order valence-corrected chi connectivity index (χ2v) is 6.39. The van der Waals surface area contributed by atoms with Crippen LogP contribution in [0.1, 0.15) is 11.8 Å². The summed E-state index contributed by atoms with van der Waals surface area (Å²) < 4.78 is 12.3. The van der Waals surface area contributed by atoms with Gasteiger partial charge in [-0.1, -0.05) is 12.1 Å². The van der Waals surface area contributed by atoms with Crippen molar-refractivity contribution in [1.29, 1.82) is 0 Å². The molecule has 0 unspecified atom stereocenters. The van der Waals surface area contributed by atoms with E-state index in [0.29, 0.717) is 22.7 Å². The van der Waals surface area contributed by atoms with Crippen LogP contribution in [0.3, 0.4) is 0 Å². The van der Waals surface area contributed by atoms with Gasteiger partial charge in [0.15, 0.2) is 23.2 Å². The fraction of sp³-hybridized carbons (Fsp3) is 0.333. The number of hydrogen-bond donors (Lipinski definition) is 4. The Bertz CT molecular complexity index is 1020. The van der Waals surface area contributed by atoms with E-state index in [1.54, 1.807) is 13.3 Å². The van der Waals surface area contributed by atoms with E-state index in [1.165, 1.54) is 17.2 Å². The lowest BCUT2D eigenvalue weighted by Crippen LogP contribution is -2.33. The molecule has 4 atom stereocenters. The van der Waals surface area contributed by atoms with Gasteiger partial charge in [-0.25, -0.2) is 15.0 Å². The van der Waals surface area contributed by atoms with Crippen LogP contribution in [0.4, 0.5) is 5.82 Å². The average molecular weight is 400 g/mol. The quantitative estimate of drug-likeness (QED) is 0.329. The molecular formula is C18H20N6O5. The van der Waals surface area contributed by atoms with E-state index in [4.69, 9.17) is 9.47 Å². The second-order valence-electron chi connectivity index (χ2n) is 6.39. The van der Waals surface area contributed by atoms with Gasteiger partial charge >= 0.3 is 0 Å². The van der Waals surface area contributed by atoms with E-state index in [1.807, 2.05) is 24.3 Å². The topological polar surface area (TPSA) is 147 Å². The van der Waals surface area contributed by atoms with Crippen LogP contribution in [0, 0.1) is 0 Å². The first-order valence-electron chi connectivity index (χ1n) is 8.86. The van der Waals surface area contributed by atoms with Gasteiger partial charge in [0.25, 0.3) is 0 Å². The fourth-order valence-corrected chi connectivity index (χ4v) is 3.17.